The van der Waals surface area contributed by atoms with Crippen LogP contribution in [0.5, 0.6) is 0 Å². The van der Waals surface area contributed by atoms with E-state index in [9.17, 15) is 27.4 Å². The van der Waals surface area contributed by atoms with Gasteiger partial charge in [-0.1, -0.05) is 36.4 Å². The van der Waals surface area contributed by atoms with Gasteiger partial charge in [0.1, 0.15) is 0 Å². The van der Waals surface area contributed by atoms with Crippen molar-refractivity contribution in [3.8, 4) is 0 Å². The van der Waals surface area contributed by atoms with Crippen molar-refractivity contribution < 1.29 is 36.5 Å². The first kappa shape index (κ1) is 29.5. The molecule has 2 N–H and O–H groups in total. The summed E-state index contributed by atoms with van der Waals surface area (Å²) < 4.78 is 65.3. The molecule has 1 aromatic heterocycles. The number of pyridine rings is 1. The largest absolute Gasteiger partial charge is 0.472 e. The highest BCUT2D eigenvalue weighted by molar-refractivity contribution is 7.47. The summed E-state index contributed by atoms with van der Waals surface area (Å²) in [5.41, 5.74) is 1.03. The second kappa shape index (κ2) is 11.0. The Morgan fingerprint density at radius 2 is 1.90 bits per heavy atom. The maximum absolute atomic E-state index is 14.6. The Balaban J connectivity index is 1.53. The molecule has 2 aliphatic carbocycles. The number of carbonyl (C=O) groups is 1. The van der Waals surface area contributed by atoms with E-state index in [0.717, 1.165) is 23.8 Å². The van der Waals surface area contributed by atoms with Gasteiger partial charge in [-0.25, -0.2) is 4.57 Å². The average Bonchev–Trinajstić information content (AvgIpc) is 2.94. The minimum Gasteiger partial charge on any atom is -0.320 e. The van der Waals surface area contributed by atoms with Crippen LogP contribution < -0.4 is 5.32 Å². The van der Waals surface area contributed by atoms with Gasteiger partial charge < -0.3 is 10.2 Å². The average molecular weight is 589 g/mol. The van der Waals surface area contributed by atoms with Crippen LogP contribution >= 0.6 is 7.82 Å². The fourth-order valence-corrected chi connectivity index (χ4v) is 7.35. The number of phosphoric acid groups is 1. The summed E-state index contributed by atoms with van der Waals surface area (Å²) in [6.45, 7) is 1.80. The zero-order valence-corrected chi connectivity index (χ0v) is 23.7. The van der Waals surface area contributed by atoms with Crippen molar-refractivity contribution in [3.63, 3.8) is 0 Å². The SMILES string of the molecule is COP(=O)(O)O[C@]1(C(F)(F)F)CC[C@@]2(Cc3ccccc3)c3ccc(C(=O)Nc4cccnc4C)cc3CC[C@@H]2C1. The topological polar surface area (TPSA) is 97.8 Å². The Labute approximate surface area is 236 Å². The quantitative estimate of drug-likeness (QED) is 0.291. The van der Waals surface area contributed by atoms with E-state index in [1.54, 1.807) is 31.3 Å². The van der Waals surface area contributed by atoms with Crippen molar-refractivity contribution in [2.75, 3.05) is 12.4 Å². The van der Waals surface area contributed by atoms with E-state index in [1.165, 1.54) is 0 Å². The highest BCUT2D eigenvalue weighted by Crippen LogP contribution is 2.62. The number of benzene rings is 2. The standard InChI is InChI=1S/C30H32F3N2O5P/c1-20-26(9-6-16-34-20)35-27(36)23-11-13-25-22(17-23)10-12-24-19-29(30(31,32)33,40-41(37,38)39-2)15-14-28(24,25)18-21-7-4-3-5-8-21/h3-9,11,13,16-17,24H,10,12,14-15,18-19H2,1-2H3,(H,35,36)(H,37,38)/t24-,28+,29-/m1/s1. The molecule has 0 radical (unpaired) electrons. The number of rotatable bonds is 7. The molecule has 1 fully saturated rings. The van der Waals surface area contributed by atoms with Gasteiger partial charge in [-0.2, -0.15) is 13.2 Å². The fraction of sp³-hybridized carbons (Fsp3) is 0.400. The summed E-state index contributed by atoms with van der Waals surface area (Å²) >= 11 is 0. The van der Waals surface area contributed by atoms with Gasteiger partial charge >= 0.3 is 14.0 Å². The molecule has 0 bridgehead atoms. The highest BCUT2D eigenvalue weighted by atomic mass is 31.2. The van der Waals surface area contributed by atoms with Crippen LogP contribution in [0.15, 0.2) is 66.9 Å². The lowest BCUT2D eigenvalue weighted by Gasteiger charge is -2.54. The van der Waals surface area contributed by atoms with Gasteiger partial charge in [0.05, 0.1) is 11.4 Å². The molecule has 1 unspecified atom stereocenters. The first-order valence-electron chi connectivity index (χ1n) is 13.4. The van der Waals surface area contributed by atoms with Gasteiger partial charge in [0.15, 0.2) is 5.60 Å². The normalized spacial score (nSPS) is 25.5. The number of nitrogens with zero attached hydrogens (tertiary/aromatic N) is 1. The number of amides is 1. The molecule has 0 spiro atoms. The number of anilines is 1. The molecule has 5 rings (SSSR count). The minimum absolute atomic E-state index is 0.0726. The molecular weight excluding hydrogens is 556 g/mol. The number of aromatic nitrogens is 1. The van der Waals surface area contributed by atoms with Gasteiger partial charge in [-0.3, -0.25) is 18.8 Å². The molecule has 2 aromatic carbocycles. The molecule has 0 aliphatic heterocycles. The summed E-state index contributed by atoms with van der Waals surface area (Å²) in [6, 6.07) is 18.5. The molecular formula is C30H32F3N2O5P. The van der Waals surface area contributed by atoms with E-state index >= 15 is 0 Å². The van der Waals surface area contributed by atoms with Gasteiger partial charge in [0.2, 0.25) is 0 Å². The predicted octanol–water partition coefficient (Wildman–Crippen LogP) is 6.93. The summed E-state index contributed by atoms with van der Waals surface area (Å²) in [4.78, 5) is 27.3. The van der Waals surface area contributed by atoms with E-state index in [-0.39, 0.29) is 12.3 Å². The Hall–Kier alpha value is -3.04. The third-order valence-electron chi connectivity index (χ3n) is 8.65. The van der Waals surface area contributed by atoms with E-state index in [0.29, 0.717) is 36.2 Å². The van der Waals surface area contributed by atoms with Crippen LogP contribution in [0.3, 0.4) is 0 Å². The molecule has 41 heavy (non-hydrogen) atoms. The van der Waals surface area contributed by atoms with Crippen molar-refractivity contribution >= 4 is 19.4 Å². The number of alkyl halides is 3. The van der Waals surface area contributed by atoms with Crippen molar-refractivity contribution in [2.45, 2.75) is 62.6 Å². The second-order valence-corrected chi connectivity index (χ2v) is 12.4. The van der Waals surface area contributed by atoms with Crippen LogP contribution in [0.4, 0.5) is 18.9 Å². The number of halogens is 3. The summed E-state index contributed by atoms with van der Waals surface area (Å²) in [5.74, 6) is -0.797. The Bertz CT molecular complexity index is 1480. The summed E-state index contributed by atoms with van der Waals surface area (Å²) in [5, 5.41) is 2.89. The van der Waals surface area contributed by atoms with Crippen molar-refractivity contribution in [3.05, 3.63) is 94.8 Å². The predicted molar refractivity (Wildman–Crippen MR) is 148 cm³/mol. The monoisotopic (exact) mass is 588 g/mol. The summed E-state index contributed by atoms with van der Waals surface area (Å²) in [7, 11) is -4.07. The molecule has 0 saturated heterocycles. The van der Waals surface area contributed by atoms with E-state index in [4.69, 9.17) is 4.52 Å². The van der Waals surface area contributed by atoms with E-state index in [2.05, 4.69) is 14.8 Å². The van der Waals surface area contributed by atoms with Crippen molar-refractivity contribution in [1.82, 2.24) is 4.98 Å². The smallest absolute Gasteiger partial charge is 0.320 e. The molecule has 2 aliphatic rings. The molecule has 7 nitrogen and oxygen atoms in total. The number of fused-ring (bicyclic) bond motifs is 3. The van der Waals surface area contributed by atoms with Crippen LogP contribution in [0.1, 0.15) is 58.4 Å². The van der Waals surface area contributed by atoms with Crippen molar-refractivity contribution in [2.24, 2.45) is 5.92 Å². The lowest BCUT2D eigenvalue weighted by molar-refractivity contribution is -0.273. The van der Waals surface area contributed by atoms with Crippen LogP contribution in [-0.4, -0.2) is 34.7 Å². The molecule has 3 aromatic rings. The zero-order chi connectivity index (χ0) is 29.5. The maximum atomic E-state index is 14.6. The molecule has 1 saturated carbocycles. The Morgan fingerprint density at radius 3 is 2.59 bits per heavy atom. The number of nitrogens with one attached hydrogen (secondary N) is 1. The lowest BCUT2D eigenvalue weighted by Crippen LogP contribution is -2.57. The minimum atomic E-state index is -4.92. The second-order valence-electron chi connectivity index (χ2n) is 11.0. The Kier molecular flexibility index (Phi) is 7.89. The van der Waals surface area contributed by atoms with Crippen LogP contribution in [-0.2, 0) is 31.9 Å². The van der Waals surface area contributed by atoms with E-state index < -0.39 is 43.8 Å². The Morgan fingerprint density at radius 1 is 1.15 bits per heavy atom. The molecule has 4 atom stereocenters. The van der Waals surface area contributed by atoms with Crippen LogP contribution in [0.2, 0.25) is 0 Å². The fourth-order valence-electron chi connectivity index (χ4n) is 6.56. The van der Waals surface area contributed by atoms with Gasteiger partial charge in [-0.05, 0) is 92.3 Å². The molecule has 1 amide bonds. The van der Waals surface area contributed by atoms with E-state index in [1.807, 2.05) is 42.5 Å². The third-order valence-corrected chi connectivity index (χ3v) is 9.70. The third kappa shape index (κ3) is 5.71. The van der Waals surface area contributed by atoms with Crippen LogP contribution in [0, 0.1) is 12.8 Å². The molecule has 218 valence electrons. The molecule has 1 heterocycles. The van der Waals surface area contributed by atoms with Crippen molar-refractivity contribution in [1.29, 1.82) is 0 Å². The van der Waals surface area contributed by atoms with Gasteiger partial charge in [0, 0.05) is 24.3 Å². The number of hydrogen-bond donors (Lipinski definition) is 2. The van der Waals surface area contributed by atoms with Gasteiger partial charge in [0.25, 0.3) is 5.91 Å². The first-order valence-corrected chi connectivity index (χ1v) is 14.9. The first-order chi connectivity index (χ1) is 19.4. The highest BCUT2D eigenvalue weighted by Gasteiger charge is 2.65. The maximum Gasteiger partial charge on any atom is 0.472 e. The molecule has 11 heteroatoms. The van der Waals surface area contributed by atoms with Crippen LogP contribution in [0.25, 0.3) is 0 Å². The number of aryl methyl sites for hydroxylation is 2. The number of hydrogen-bond acceptors (Lipinski definition) is 5. The lowest BCUT2D eigenvalue weighted by atomic mass is 9.52. The van der Waals surface area contributed by atoms with Gasteiger partial charge in [-0.15, -0.1) is 0 Å². The zero-order valence-electron chi connectivity index (χ0n) is 22.8. The number of carbonyl (C=O) groups excluding carboxylic acids is 1. The summed E-state index contributed by atoms with van der Waals surface area (Å²) in [6.07, 6.45) is -2.80. The number of phosphoric ester groups is 1.